The number of hydrogen-bond donors (Lipinski definition) is 0. The molecule has 1 unspecified atom stereocenters. The van der Waals surface area contributed by atoms with Gasteiger partial charge in [0.15, 0.2) is 0 Å². The Bertz CT molecular complexity index is 871. The fourth-order valence-electron chi connectivity index (χ4n) is 3.38. The summed E-state index contributed by atoms with van der Waals surface area (Å²) in [6.07, 6.45) is 2.09. The molecule has 0 radical (unpaired) electrons. The molecule has 1 aromatic heterocycles. The molecule has 2 aromatic carbocycles. The van der Waals surface area contributed by atoms with Crippen LogP contribution in [0.1, 0.15) is 35.0 Å². The van der Waals surface area contributed by atoms with Gasteiger partial charge in [0.25, 0.3) is 0 Å². The van der Waals surface area contributed by atoms with Gasteiger partial charge in [0.1, 0.15) is 5.01 Å². The Balaban J connectivity index is 1.39. The predicted molar refractivity (Wildman–Crippen MR) is 111 cm³/mol. The zero-order valence-electron chi connectivity index (χ0n) is 14.9. The number of nitrogens with zero attached hydrogens (tertiary/aromatic N) is 2. The fraction of sp³-hybridized carbons (Fsp3) is 0.333. The van der Waals surface area contributed by atoms with Crippen LogP contribution < -0.4 is 0 Å². The number of aromatic nitrogens is 1. The van der Waals surface area contributed by atoms with Crippen molar-refractivity contribution in [2.45, 2.75) is 31.6 Å². The van der Waals surface area contributed by atoms with E-state index < -0.39 is 0 Å². The smallest absolute Gasteiger partial charge is 0.233 e. The number of thiazole rings is 1. The Kier molecular flexibility index (Phi) is 5.27. The van der Waals surface area contributed by atoms with Crippen molar-refractivity contribution in [2.24, 2.45) is 0 Å². The van der Waals surface area contributed by atoms with Crippen LogP contribution in [0.3, 0.4) is 0 Å². The Labute approximate surface area is 162 Å². The molecular formula is C21H22N2OS2. The summed E-state index contributed by atoms with van der Waals surface area (Å²) < 4.78 is 1.20. The van der Waals surface area contributed by atoms with Crippen molar-refractivity contribution in [3.05, 3.63) is 64.7 Å². The lowest BCUT2D eigenvalue weighted by atomic mass is 10.2. The van der Waals surface area contributed by atoms with Crippen molar-refractivity contribution in [3.63, 3.8) is 0 Å². The van der Waals surface area contributed by atoms with E-state index in [0.29, 0.717) is 5.75 Å². The quantitative estimate of drug-likeness (QED) is 0.608. The molecule has 1 fully saturated rings. The molecule has 1 amide bonds. The number of para-hydroxylation sites is 1. The maximum Gasteiger partial charge on any atom is 0.233 e. The number of rotatable bonds is 5. The maximum atomic E-state index is 12.8. The molecule has 1 aliphatic rings. The SMILES string of the molecule is Cc1ccc(CSCC(=O)N2CCCC2c2nc3ccccc3s2)cc1. The van der Waals surface area contributed by atoms with Crippen LogP contribution in [0.2, 0.25) is 0 Å². The van der Waals surface area contributed by atoms with Gasteiger partial charge in [-0.2, -0.15) is 0 Å². The van der Waals surface area contributed by atoms with Crippen molar-refractivity contribution in [1.29, 1.82) is 0 Å². The highest BCUT2D eigenvalue weighted by Gasteiger charge is 2.31. The molecule has 3 nitrogen and oxygen atoms in total. The van der Waals surface area contributed by atoms with Crippen LogP contribution >= 0.6 is 23.1 Å². The molecule has 1 saturated heterocycles. The third kappa shape index (κ3) is 3.79. The molecule has 3 aromatic rings. The lowest BCUT2D eigenvalue weighted by molar-refractivity contribution is -0.129. The number of fused-ring (bicyclic) bond motifs is 1. The van der Waals surface area contributed by atoms with E-state index in [1.165, 1.54) is 15.8 Å². The van der Waals surface area contributed by atoms with Gasteiger partial charge in [0, 0.05) is 12.3 Å². The van der Waals surface area contributed by atoms with Gasteiger partial charge >= 0.3 is 0 Å². The van der Waals surface area contributed by atoms with Crippen molar-refractivity contribution < 1.29 is 4.79 Å². The van der Waals surface area contributed by atoms with E-state index >= 15 is 0 Å². The Morgan fingerprint density at radius 2 is 2.04 bits per heavy atom. The van der Waals surface area contributed by atoms with Crippen LogP contribution in [0, 0.1) is 6.92 Å². The summed E-state index contributed by atoms with van der Waals surface area (Å²) in [5.74, 6) is 1.66. The second kappa shape index (κ2) is 7.80. The minimum Gasteiger partial charge on any atom is -0.333 e. The third-order valence-electron chi connectivity index (χ3n) is 4.78. The number of benzene rings is 2. The molecule has 1 atom stereocenters. The predicted octanol–water partition coefficient (Wildman–Crippen LogP) is 5.20. The van der Waals surface area contributed by atoms with Gasteiger partial charge < -0.3 is 4.90 Å². The minimum atomic E-state index is 0.153. The number of hydrogen-bond acceptors (Lipinski definition) is 4. The van der Waals surface area contributed by atoms with Gasteiger partial charge in [-0.15, -0.1) is 23.1 Å². The molecule has 134 valence electrons. The molecule has 26 heavy (non-hydrogen) atoms. The van der Waals surface area contributed by atoms with E-state index in [-0.39, 0.29) is 11.9 Å². The molecule has 1 aliphatic heterocycles. The average Bonchev–Trinajstić information content (AvgIpc) is 3.29. The summed E-state index contributed by atoms with van der Waals surface area (Å²) in [7, 11) is 0. The summed E-state index contributed by atoms with van der Waals surface area (Å²) in [6, 6.07) is 16.9. The lowest BCUT2D eigenvalue weighted by Crippen LogP contribution is -2.31. The number of thioether (sulfide) groups is 1. The molecule has 5 heteroatoms. The van der Waals surface area contributed by atoms with E-state index in [1.54, 1.807) is 23.1 Å². The minimum absolute atomic E-state index is 0.153. The van der Waals surface area contributed by atoms with E-state index in [1.807, 2.05) is 23.1 Å². The maximum absolute atomic E-state index is 12.8. The summed E-state index contributed by atoms with van der Waals surface area (Å²) in [5, 5.41) is 1.08. The van der Waals surface area contributed by atoms with E-state index in [9.17, 15) is 4.79 Å². The summed E-state index contributed by atoms with van der Waals surface area (Å²) in [4.78, 5) is 19.6. The number of carbonyl (C=O) groups is 1. The van der Waals surface area contributed by atoms with Crippen LogP contribution in [0.4, 0.5) is 0 Å². The standard InChI is InChI=1S/C21H22N2OS2/c1-15-8-10-16(11-9-15)13-25-14-20(24)23-12-4-6-18(23)21-22-17-5-2-3-7-19(17)26-21/h2-3,5,7-11,18H,4,6,12-14H2,1H3. The molecule has 0 spiro atoms. The summed E-state index contributed by atoms with van der Waals surface area (Å²) in [5.41, 5.74) is 3.59. The first-order valence-corrected chi connectivity index (χ1v) is 11.0. The number of carbonyl (C=O) groups excluding carboxylic acids is 1. The van der Waals surface area contributed by atoms with Gasteiger partial charge in [0.2, 0.25) is 5.91 Å². The third-order valence-corrected chi connectivity index (χ3v) is 6.91. The van der Waals surface area contributed by atoms with Gasteiger partial charge in [0.05, 0.1) is 22.0 Å². The monoisotopic (exact) mass is 382 g/mol. The average molecular weight is 383 g/mol. The van der Waals surface area contributed by atoms with E-state index in [0.717, 1.165) is 35.7 Å². The van der Waals surface area contributed by atoms with Gasteiger partial charge in [-0.25, -0.2) is 4.98 Å². The molecule has 0 saturated carbocycles. The Morgan fingerprint density at radius 3 is 2.85 bits per heavy atom. The molecule has 4 rings (SSSR count). The van der Waals surface area contributed by atoms with Crippen molar-refractivity contribution in [3.8, 4) is 0 Å². The van der Waals surface area contributed by atoms with Gasteiger partial charge in [-0.05, 0) is 37.5 Å². The summed E-state index contributed by atoms with van der Waals surface area (Å²) in [6.45, 7) is 2.94. The Morgan fingerprint density at radius 1 is 1.23 bits per heavy atom. The molecule has 2 heterocycles. The first-order chi connectivity index (χ1) is 12.7. The first kappa shape index (κ1) is 17.6. The van der Waals surface area contributed by atoms with Crippen molar-refractivity contribution in [2.75, 3.05) is 12.3 Å². The first-order valence-electron chi connectivity index (χ1n) is 8.99. The highest BCUT2D eigenvalue weighted by Crippen LogP contribution is 2.36. The van der Waals surface area contributed by atoms with Gasteiger partial charge in [-0.1, -0.05) is 42.0 Å². The fourth-order valence-corrected chi connectivity index (χ4v) is 5.36. The number of aryl methyl sites for hydroxylation is 1. The zero-order valence-corrected chi connectivity index (χ0v) is 16.5. The highest BCUT2D eigenvalue weighted by atomic mass is 32.2. The van der Waals surface area contributed by atoms with Crippen LogP contribution in [0.15, 0.2) is 48.5 Å². The zero-order chi connectivity index (χ0) is 17.9. The van der Waals surface area contributed by atoms with E-state index in [2.05, 4.69) is 37.3 Å². The normalized spacial score (nSPS) is 17.1. The largest absolute Gasteiger partial charge is 0.333 e. The number of likely N-dealkylation sites (tertiary alicyclic amines) is 1. The van der Waals surface area contributed by atoms with E-state index in [4.69, 9.17) is 4.98 Å². The van der Waals surface area contributed by atoms with Crippen molar-refractivity contribution in [1.82, 2.24) is 9.88 Å². The van der Waals surface area contributed by atoms with Crippen LogP contribution in [-0.4, -0.2) is 28.1 Å². The Hall–Kier alpha value is -1.85. The van der Waals surface area contributed by atoms with Crippen LogP contribution in [0.25, 0.3) is 10.2 Å². The molecule has 0 aliphatic carbocycles. The second-order valence-electron chi connectivity index (χ2n) is 6.74. The topological polar surface area (TPSA) is 33.2 Å². The molecular weight excluding hydrogens is 360 g/mol. The van der Waals surface area contributed by atoms with Crippen LogP contribution in [-0.2, 0) is 10.5 Å². The second-order valence-corrected chi connectivity index (χ2v) is 8.79. The molecule has 0 N–H and O–H groups in total. The van der Waals surface area contributed by atoms with Crippen LogP contribution in [0.5, 0.6) is 0 Å². The highest BCUT2D eigenvalue weighted by molar-refractivity contribution is 7.99. The summed E-state index contributed by atoms with van der Waals surface area (Å²) >= 11 is 3.43. The molecule has 0 bridgehead atoms. The number of amides is 1. The van der Waals surface area contributed by atoms with Gasteiger partial charge in [-0.3, -0.25) is 4.79 Å². The van der Waals surface area contributed by atoms with Crippen molar-refractivity contribution >= 4 is 39.2 Å². The lowest BCUT2D eigenvalue weighted by Gasteiger charge is -2.23.